The van der Waals surface area contributed by atoms with Gasteiger partial charge in [0.25, 0.3) is 0 Å². The zero-order chi connectivity index (χ0) is 11.5. The van der Waals surface area contributed by atoms with Crippen molar-refractivity contribution < 1.29 is 9.18 Å². The lowest BCUT2D eigenvalue weighted by Crippen LogP contribution is -2.15. The highest BCUT2D eigenvalue weighted by Gasteiger charge is 2.22. The van der Waals surface area contributed by atoms with Crippen LogP contribution in [0.25, 0.3) is 0 Å². The lowest BCUT2D eigenvalue weighted by atomic mass is 9.94. The molecule has 0 bridgehead atoms. The molecule has 1 unspecified atom stereocenters. The van der Waals surface area contributed by atoms with E-state index in [2.05, 4.69) is 0 Å². The molecule has 1 atom stereocenters. The smallest absolute Gasteiger partial charge is 0.221 e. The Kier molecular flexibility index (Phi) is 3.45. The molecular weight excluding hydrogens is 193 g/mol. The van der Waals surface area contributed by atoms with Crippen molar-refractivity contribution in [2.45, 2.75) is 32.4 Å². The topological polar surface area (TPSA) is 43.1 Å². The van der Waals surface area contributed by atoms with Crippen LogP contribution in [-0.4, -0.2) is 5.91 Å². The van der Waals surface area contributed by atoms with Crippen LogP contribution >= 0.6 is 0 Å². The third kappa shape index (κ3) is 3.05. The fourth-order valence-electron chi connectivity index (χ4n) is 1.38. The van der Waals surface area contributed by atoms with Gasteiger partial charge in [-0.2, -0.15) is 0 Å². The Bertz CT molecular complexity index is 343. The molecule has 2 N–H and O–H groups in total. The van der Waals surface area contributed by atoms with E-state index < -0.39 is 5.67 Å². The third-order valence-corrected chi connectivity index (χ3v) is 2.60. The minimum absolute atomic E-state index is 0.204. The van der Waals surface area contributed by atoms with E-state index in [9.17, 15) is 9.18 Å². The molecule has 82 valence electrons. The quantitative estimate of drug-likeness (QED) is 0.812. The average Bonchev–Trinajstić information content (AvgIpc) is 2.18. The predicted molar refractivity (Wildman–Crippen MR) is 58.1 cm³/mol. The standard InChI is InChI=1S/C12H16FNO/c1-3-12(2,13)10-6-4-9(5-7-10)8-11(14)15/h4-7H,3,8H2,1-2H3,(H2,14,15). The first-order valence-corrected chi connectivity index (χ1v) is 5.02. The summed E-state index contributed by atoms with van der Waals surface area (Å²) < 4.78 is 13.9. The number of halogens is 1. The van der Waals surface area contributed by atoms with Gasteiger partial charge in [-0.1, -0.05) is 31.2 Å². The maximum Gasteiger partial charge on any atom is 0.221 e. The van der Waals surface area contributed by atoms with Crippen molar-refractivity contribution in [3.05, 3.63) is 35.4 Å². The molecular formula is C12H16FNO. The number of hydrogen-bond acceptors (Lipinski definition) is 1. The molecule has 0 aliphatic rings. The van der Waals surface area contributed by atoms with Crippen LogP contribution in [0.15, 0.2) is 24.3 Å². The van der Waals surface area contributed by atoms with Crippen molar-refractivity contribution in [2.75, 3.05) is 0 Å². The summed E-state index contributed by atoms with van der Waals surface area (Å²) in [5, 5.41) is 0. The Balaban J connectivity index is 2.85. The predicted octanol–water partition coefficient (Wildman–Crippen LogP) is 2.31. The summed E-state index contributed by atoms with van der Waals surface area (Å²) in [5.41, 5.74) is 5.22. The van der Waals surface area contributed by atoms with Crippen molar-refractivity contribution in [1.82, 2.24) is 0 Å². The van der Waals surface area contributed by atoms with E-state index in [1.54, 1.807) is 38.1 Å². The second-order valence-corrected chi connectivity index (χ2v) is 3.89. The van der Waals surface area contributed by atoms with Gasteiger partial charge in [-0.05, 0) is 24.5 Å². The first-order valence-electron chi connectivity index (χ1n) is 5.02. The van der Waals surface area contributed by atoms with Crippen molar-refractivity contribution in [2.24, 2.45) is 5.73 Å². The molecule has 0 aromatic heterocycles. The molecule has 0 saturated carbocycles. The summed E-state index contributed by atoms with van der Waals surface area (Å²) >= 11 is 0. The van der Waals surface area contributed by atoms with Gasteiger partial charge in [0.1, 0.15) is 5.67 Å². The highest BCUT2D eigenvalue weighted by Crippen LogP contribution is 2.28. The van der Waals surface area contributed by atoms with Crippen LogP contribution in [0.5, 0.6) is 0 Å². The molecule has 15 heavy (non-hydrogen) atoms. The van der Waals surface area contributed by atoms with E-state index >= 15 is 0 Å². The molecule has 0 spiro atoms. The summed E-state index contributed by atoms with van der Waals surface area (Å²) in [7, 11) is 0. The molecule has 1 aromatic rings. The SMILES string of the molecule is CCC(C)(F)c1ccc(CC(N)=O)cc1. The van der Waals surface area contributed by atoms with E-state index in [1.165, 1.54) is 0 Å². The highest BCUT2D eigenvalue weighted by molar-refractivity contribution is 5.76. The summed E-state index contributed by atoms with van der Waals surface area (Å²) in [6.07, 6.45) is 0.636. The van der Waals surface area contributed by atoms with Gasteiger partial charge in [0.15, 0.2) is 0 Å². The van der Waals surface area contributed by atoms with E-state index in [0.717, 1.165) is 5.56 Å². The molecule has 2 nitrogen and oxygen atoms in total. The largest absolute Gasteiger partial charge is 0.369 e. The maximum absolute atomic E-state index is 13.9. The molecule has 0 aliphatic carbocycles. The minimum Gasteiger partial charge on any atom is -0.369 e. The summed E-state index contributed by atoms with van der Waals surface area (Å²) in [6, 6.07) is 6.91. The maximum atomic E-state index is 13.9. The Morgan fingerprint density at radius 3 is 2.33 bits per heavy atom. The average molecular weight is 209 g/mol. The van der Waals surface area contributed by atoms with Crippen molar-refractivity contribution in [3.63, 3.8) is 0 Å². The van der Waals surface area contributed by atoms with Gasteiger partial charge in [-0.25, -0.2) is 4.39 Å². The molecule has 0 aliphatic heterocycles. The Hall–Kier alpha value is -1.38. The van der Waals surface area contributed by atoms with Gasteiger partial charge in [-0.3, -0.25) is 4.79 Å². The lowest BCUT2D eigenvalue weighted by Gasteiger charge is -2.18. The number of alkyl halides is 1. The molecule has 0 heterocycles. The van der Waals surface area contributed by atoms with Crippen LogP contribution in [0.2, 0.25) is 0 Å². The van der Waals surface area contributed by atoms with E-state index in [0.29, 0.717) is 12.0 Å². The molecule has 0 saturated heterocycles. The van der Waals surface area contributed by atoms with Crippen LogP contribution in [0.3, 0.4) is 0 Å². The van der Waals surface area contributed by atoms with Gasteiger partial charge in [-0.15, -0.1) is 0 Å². The number of primary amides is 1. The fraction of sp³-hybridized carbons (Fsp3) is 0.417. The Morgan fingerprint density at radius 1 is 1.40 bits per heavy atom. The van der Waals surface area contributed by atoms with E-state index in [-0.39, 0.29) is 12.3 Å². The molecule has 0 radical (unpaired) electrons. The highest BCUT2D eigenvalue weighted by atomic mass is 19.1. The zero-order valence-electron chi connectivity index (χ0n) is 9.09. The van der Waals surface area contributed by atoms with Gasteiger partial charge < -0.3 is 5.73 Å². The van der Waals surface area contributed by atoms with E-state index in [4.69, 9.17) is 5.73 Å². The van der Waals surface area contributed by atoms with Gasteiger partial charge in [0, 0.05) is 0 Å². The van der Waals surface area contributed by atoms with Crippen LogP contribution < -0.4 is 5.73 Å². The van der Waals surface area contributed by atoms with Crippen molar-refractivity contribution >= 4 is 5.91 Å². The van der Waals surface area contributed by atoms with Crippen molar-refractivity contribution in [3.8, 4) is 0 Å². The normalized spacial score (nSPS) is 14.6. The lowest BCUT2D eigenvalue weighted by molar-refractivity contribution is -0.117. The number of carbonyl (C=O) groups excluding carboxylic acids is 1. The van der Waals surface area contributed by atoms with E-state index in [1.807, 2.05) is 0 Å². The first-order chi connectivity index (χ1) is 6.95. The molecule has 1 aromatic carbocycles. The van der Waals surface area contributed by atoms with Crippen LogP contribution in [-0.2, 0) is 16.9 Å². The number of amides is 1. The Morgan fingerprint density at radius 2 is 1.93 bits per heavy atom. The third-order valence-electron chi connectivity index (χ3n) is 2.60. The number of hydrogen-bond donors (Lipinski definition) is 1. The summed E-state index contributed by atoms with van der Waals surface area (Å²) in [5.74, 6) is -0.374. The zero-order valence-corrected chi connectivity index (χ0v) is 9.09. The van der Waals surface area contributed by atoms with Gasteiger partial charge >= 0.3 is 0 Å². The second-order valence-electron chi connectivity index (χ2n) is 3.89. The Labute approximate surface area is 89.3 Å². The number of rotatable bonds is 4. The van der Waals surface area contributed by atoms with Crippen molar-refractivity contribution in [1.29, 1.82) is 0 Å². The van der Waals surface area contributed by atoms with Gasteiger partial charge in [0.2, 0.25) is 5.91 Å². The van der Waals surface area contributed by atoms with Crippen LogP contribution in [0.1, 0.15) is 31.4 Å². The monoisotopic (exact) mass is 209 g/mol. The number of carbonyl (C=O) groups is 1. The molecule has 1 amide bonds. The number of benzene rings is 1. The molecule has 3 heteroatoms. The van der Waals surface area contributed by atoms with Crippen LogP contribution in [0, 0.1) is 0 Å². The molecule has 1 rings (SSSR count). The van der Waals surface area contributed by atoms with Crippen LogP contribution in [0.4, 0.5) is 4.39 Å². The summed E-state index contributed by atoms with van der Waals surface area (Å²) in [4.78, 5) is 10.7. The molecule has 0 fully saturated rings. The first kappa shape index (κ1) is 11.7. The summed E-state index contributed by atoms with van der Waals surface area (Å²) in [6.45, 7) is 3.35. The minimum atomic E-state index is -1.30. The second kappa shape index (κ2) is 4.43. The number of nitrogens with two attached hydrogens (primary N) is 1. The fourth-order valence-corrected chi connectivity index (χ4v) is 1.38. The van der Waals surface area contributed by atoms with Gasteiger partial charge in [0.05, 0.1) is 6.42 Å².